The van der Waals surface area contributed by atoms with Crippen LogP contribution in [0.15, 0.2) is 45.9 Å². The van der Waals surface area contributed by atoms with Gasteiger partial charge in [-0.15, -0.1) is 0 Å². The molecule has 1 heterocycles. The molecule has 0 amide bonds. The van der Waals surface area contributed by atoms with Crippen molar-refractivity contribution in [3.05, 3.63) is 44.6 Å². The third-order valence-electron chi connectivity index (χ3n) is 3.93. The highest BCUT2D eigenvalue weighted by Crippen LogP contribution is 2.36. The van der Waals surface area contributed by atoms with Crippen molar-refractivity contribution in [2.45, 2.75) is 4.90 Å². The van der Waals surface area contributed by atoms with E-state index < -0.39 is 10.0 Å². The zero-order valence-corrected chi connectivity index (χ0v) is 18.3. The molecule has 0 aliphatic carbocycles. The standard InChI is InChI=1S/C16H15BrIN3O3S/c1-20-15-13(9-8-12(18)14(15)16(17)19-20)21(2)25(22,23)11-6-4-10(24-3)5-7-11/h4-9H,1-3H3. The summed E-state index contributed by atoms with van der Waals surface area (Å²) in [6.45, 7) is 0. The first-order valence-electron chi connectivity index (χ1n) is 7.21. The summed E-state index contributed by atoms with van der Waals surface area (Å²) in [6.07, 6.45) is 0. The minimum atomic E-state index is -3.71. The number of fused-ring (bicyclic) bond motifs is 1. The number of nitrogens with zero attached hydrogens (tertiary/aromatic N) is 3. The number of ether oxygens (including phenoxy) is 1. The van der Waals surface area contributed by atoms with Gasteiger partial charge >= 0.3 is 0 Å². The van der Waals surface area contributed by atoms with Crippen LogP contribution in [-0.4, -0.2) is 32.4 Å². The number of halogens is 2. The van der Waals surface area contributed by atoms with Crippen LogP contribution in [0.4, 0.5) is 5.69 Å². The van der Waals surface area contributed by atoms with Gasteiger partial charge in [0.2, 0.25) is 0 Å². The van der Waals surface area contributed by atoms with Crippen molar-refractivity contribution in [2.24, 2.45) is 7.05 Å². The fourth-order valence-electron chi connectivity index (χ4n) is 2.60. The van der Waals surface area contributed by atoms with Crippen molar-refractivity contribution in [3.8, 4) is 5.75 Å². The van der Waals surface area contributed by atoms with Gasteiger partial charge in [-0.25, -0.2) is 8.42 Å². The van der Waals surface area contributed by atoms with Crippen LogP contribution in [0.2, 0.25) is 0 Å². The minimum Gasteiger partial charge on any atom is -0.497 e. The number of rotatable bonds is 4. The van der Waals surface area contributed by atoms with Crippen molar-refractivity contribution in [2.75, 3.05) is 18.5 Å². The number of sulfonamides is 1. The molecule has 1 aromatic heterocycles. The quantitative estimate of drug-likeness (QED) is 0.477. The Bertz CT molecular complexity index is 1050. The molecule has 0 aliphatic rings. The average Bonchev–Trinajstić information content (AvgIpc) is 2.90. The molecule has 3 rings (SSSR count). The molecule has 2 aromatic carbocycles. The minimum absolute atomic E-state index is 0.198. The summed E-state index contributed by atoms with van der Waals surface area (Å²) in [5, 5.41) is 5.25. The van der Waals surface area contributed by atoms with E-state index in [1.54, 1.807) is 37.0 Å². The van der Waals surface area contributed by atoms with E-state index in [-0.39, 0.29) is 4.90 Å². The van der Waals surface area contributed by atoms with Gasteiger partial charge < -0.3 is 4.74 Å². The van der Waals surface area contributed by atoms with Crippen LogP contribution in [0.1, 0.15) is 0 Å². The van der Waals surface area contributed by atoms with Crippen LogP contribution in [0.5, 0.6) is 5.75 Å². The van der Waals surface area contributed by atoms with Crippen molar-refractivity contribution in [1.82, 2.24) is 9.78 Å². The Kier molecular flexibility index (Phi) is 5.00. The largest absolute Gasteiger partial charge is 0.497 e. The molecule has 6 nitrogen and oxygen atoms in total. The fourth-order valence-corrected chi connectivity index (χ4v) is 5.50. The molecule has 3 aromatic rings. The molecule has 0 N–H and O–H groups in total. The van der Waals surface area contributed by atoms with Crippen LogP contribution in [0, 0.1) is 3.57 Å². The van der Waals surface area contributed by atoms with E-state index in [4.69, 9.17) is 4.74 Å². The molecule has 9 heteroatoms. The monoisotopic (exact) mass is 535 g/mol. The molecule has 0 fully saturated rings. The van der Waals surface area contributed by atoms with Gasteiger partial charge in [0, 0.05) is 23.1 Å². The number of anilines is 1. The summed E-state index contributed by atoms with van der Waals surface area (Å²) in [5.41, 5.74) is 1.31. The van der Waals surface area contributed by atoms with Gasteiger partial charge in [-0.3, -0.25) is 8.99 Å². The first-order chi connectivity index (χ1) is 11.8. The molecule has 132 valence electrons. The van der Waals surface area contributed by atoms with E-state index in [1.165, 1.54) is 23.5 Å². The molecule has 0 bridgehead atoms. The van der Waals surface area contributed by atoms with E-state index in [9.17, 15) is 8.42 Å². The predicted molar refractivity (Wildman–Crippen MR) is 110 cm³/mol. The van der Waals surface area contributed by atoms with E-state index in [0.717, 1.165) is 14.5 Å². The third-order valence-corrected chi connectivity index (χ3v) is 7.17. The summed E-state index contributed by atoms with van der Waals surface area (Å²) in [7, 11) is 1.17. The van der Waals surface area contributed by atoms with Gasteiger partial charge in [0.05, 0.1) is 23.2 Å². The van der Waals surface area contributed by atoms with E-state index in [0.29, 0.717) is 16.0 Å². The van der Waals surface area contributed by atoms with Gasteiger partial charge in [-0.2, -0.15) is 5.10 Å². The number of hydrogen-bond acceptors (Lipinski definition) is 4. The summed E-state index contributed by atoms with van der Waals surface area (Å²) in [5.74, 6) is 0.605. The molecule has 0 unspecified atom stereocenters. The van der Waals surface area contributed by atoms with Crippen LogP contribution >= 0.6 is 38.5 Å². The molecule has 0 aliphatic heterocycles. The van der Waals surface area contributed by atoms with Crippen molar-refractivity contribution >= 4 is 65.1 Å². The number of aryl methyl sites for hydroxylation is 1. The highest BCUT2D eigenvalue weighted by molar-refractivity contribution is 14.1. The van der Waals surface area contributed by atoms with Crippen LogP contribution in [0.25, 0.3) is 10.9 Å². The maximum Gasteiger partial charge on any atom is 0.264 e. The summed E-state index contributed by atoms with van der Waals surface area (Å²) < 4.78 is 35.8. The summed E-state index contributed by atoms with van der Waals surface area (Å²) in [6, 6.07) is 10.0. The van der Waals surface area contributed by atoms with Crippen LogP contribution < -0.4 is 9.04 Å². The Morgan fingerprint density at radius 1 is 1.20 bits per heavy atom. The molecular formula is C16H15BrIN3O3S. The molecular weight excluding hydrogens is 521 g/mol. The maximum absolute atomic E-state index is 13.0. The second kappa shape index (κ2) is 6.76. The van der Waals surface area contributed by atoms with Gasteiger partial charge in [0.15, 0.2) is 0 Å². The zero-order chi connectivity index (χ0) is 18.4. The Morgan fingerprint density at radius 2 is 1.84 bits per heavy atom. The van der Waals surface area contributed by atoms with E-state index in [1.807, 2.05) is 6.07 Å². The molecule has 0 saturated heterocycles. The Morgan fingerprint density at radius 3 is 2.44 bits per heavy atom. The third kappa shape index (κ3) is 3.13. The Hall–Kier alpha value is -1.33. The van der Waals surface area contributed by atoms with Crippen LogP contribution in [-0.2, 0) is 17.1 Å². The van der Waals surface area contributed by atoms with Gasteiger partial charge in [0.25, 0.3) is 10.0 Å². The highest BCUT2D eigenvalue weighted by atomic mass is 127. The summed E-state index contributed by atoms with van der Waals surface area (Å²) >= 11 is 5.66. The molecule has 25 heavy (non-hydrogen) atoms. The predicted octanol–water partition coefficient (Wildman–Crippen LogP) is 3.77. The lowest BCUT2D eigenvalue weighted by Crippen LogP contribution is -2.27. The first-order valence-corrected chi connectivity index (χ1v) is 10.5. The van der Waals surface area contributed by atoms with Crippen LogP contribution in [0.3, 0.4) is 0 Å². The number of aromatic nitrogens is 2. The van der Waals surface area contributed by atoms with Crippen molar-refractivity contribution in [3.63, 3.8) is 0 Å². The number of benzene rings is 2. The lowest BCUT2D eigenvalue weighted by Gasteiger charge is -2.21. The average molecular weight is 536 g/mol. The normalized spacial score (nSPS) is 11.7. The highest BCUT2D eigenvalue weighted by Gasteiger charge is 2.25. The van der Waals surface area contributed by atoms with Gasteiger partial charge in [-0.05, 0) is 74.9 Å². The van der Waals surface area contributed by atoms with E-state index >= 15 is 0 Å². The Balaban J connectivity index is 2.16. The lowest BCUT2D eigenvalue weighted by atomic mass is 10.2. The number of methoxy groups -OCH3 is 1. The molecule has 0 spiro atoms. The van der Waals surface area contributed by atoms with Gasteiger partial charge in [-0.1, -0.05) is 0 Å². The lowest BCUT2D eigenvalue weighted by molar-refractivity contribution is 0.414. The number of hydrogen-bond donors (Lipinski definition) is 0. The second-order valence-electron chi connectivity index (χ2n) is 5.35. The van der Waals surface area contributed by atoms with Crippen molar-refractivity contribution in [1.29, 1.82) is 0 Å². The zero-order valence-electron chi connectivity index (χ0n) is 13.7. The summed E-state index contributed by atoms with van der Waals surface area (Å²) in [4.78, 5) is 0.198. The second-order valence-corrected chi connectivity index (χ2v) is 9.24. The fraction of sp³-hybridized carbons (Fsp3) is 0.188. The first kappa shape index (κ1) is 18.5. The SMILES string of the molecule is COc1ccc(S(=O)(=O)N(C)c2ccc(I)c3c(Br)nn(C)c23)cc1. The molecule has 0 atom stereocenters. The molecule has 0 saturated carbocycles. The van der Waals surface area contributed by atoms with Gasteiger partial charge in [0.1, 0.15) is 10.4 Å². The smallest absolute Gasteiger partial charge is 0.264 e. The van der Waals surface area contributed by atoms with E-state index in [2.05, 4.69) is 43.6 Å². The Labute approximate surface area is 168 Å². The maximum atomic E-state index is 13.0. The van der Waals surface area contributed by atoms with Crippen molar-refractivity contribution < 1.29 is 13.2 Å². The molecule has 0 radical (unpaired) electrons. The topological polar surface area (TPSA) is 64.4 Å².